The molecule has 2 atom stereocenters. The molecule has 1 spiro atoms. The topological polar surface area (TPSA) is 4.44 Å². The van der Waals surface area contributed by atoms with Gasteiger partial charge in [0.1, 0.15) is 6.54 Å². The highest BCUT2D eigenvalue weighted by Crippen LogP contribution is 2.41. The Bertz CT molecular complexity index is 364. The van der Waals surface area contributed by atoms with Crippen molar-refractivity contribution in [2.45, 2.75) is 51.6 Å². The summed E-state index contributed by atoms with van der Waals surface area (Å²) in [7, 11) is 0. The number of hydrogen-bond donors (Lipinski definition) is 1. The van der Waals surface area contributed by atoms with Crippen molar-refractivity contribution in [3.8, 4) is 0 Å². The van der Waals surface area contributed by atoms with Crippen LogP contribution >= 0.6 is 0 Å². The molecule has 0 radical (unpaired) electrons. The van der Waals surface area contributed by atoms with E-state index in [1.165, 1.54) is 50.8 Å². The first kappa shape index (κ1) is 11.3. The van der Waals surface area contributed by atoms with Crippen molar-refractivity contribution in [1.82, 2.24) is 0 Å². The molecule has 2 fully saturated rings. The Hall–Kier alpha value is -0.820. The minimum atomic E-state index is 0.725. The third kappa shape index (κ3) is 2.01. The van der Waals surface area contributed by atoms with Gasteiger partial charge in [-0.2, -0.15) is 0 Å². The fourth-order valence-corrected chi connectivity index (χ4v) is 4.00. The van der Waals surface area contributed by atoms with E-state index in [9.17, 15) is 0 Å². The van der Waals surface area contributed by atoms with E-state index in [-0.39, 0.29) is 0 Å². The van der Waals surface area contributed by atoms with E-state index < -0.39 is 0 Å². The van der Waals surface area contributed by atoms with Gasteiger partial charge in [0.15, 0.2) is 0 Å². The van der Waals surface area contributed by atoms with E-state index >= 15 is 0 Å². The van der Waals surface area contributed by atoms with Crippen LogP contribution in [-0.2, 0) is 6.54 Å². The van der Waals surface area contributed by atoms with Gasteiger partial charge in [-0.15, -0.1) is 0 Å². The van der Waals surface area contributed by atoms with E-state index in [2.05, 4.69) is 37.3 Å². The summed E-state index contributed by atoms with van der Waals surface area (Å²) >= 11 is 0. The molecule has 1 aliphatic carbocycles. The summed E-state index contributed by atoms with van der Waals surface area (Å²) in [6.45, 7) is 5.12. The van der Waals surface area contributed by atoms with Crippen LogP contribution in [0.1, 0.15) is 44.6 Å². The third-order valence-corrected chi connectivity index (χ3v) is 5.23. The zero-order chi connectivity index (χ0) is 11.7. The standard InChI is InChI=1S/C16H23N/c1-14-16(10-6-3-7-11-16)13-17(14)12-15-8-4-2-5-9-15/h2,4-5,8-9,14H,3,6-7,10-13H2,1H3/p+1/t14-/m0/s1. The fraction of sp³-hybridized carbons (Fsp3) is 0.625. The molecule has 1 heteroatoms. The maximum Gasteiger partial charge on any atom is 0.103 e. The van der Waals surface area contributed by atoms with Crippen molar-refractivity contribution in [1.29, 1.82) is 0 Å². The Morgan fingerprint density at radius 1 is 1.12 bits per heavy atom. The second-order valence-electron chi connectivity index (χ2n) is 6.14. The molecular weight excluding hydrogens is 206 g/mol. The van der Waals surface area contributed by atoms with Crippen molar-refractivity contribution in [3.63, 3.8) is 0 Å². The Kier molecular flexibility index (Phi) is 2.96. The van der Waals surface area contributed by atoms with Crippen molar-refractivity contribution < 1.29 is 4.90 Å². The van der Waals surface area contributed by atoms with Crippen molar-refractivity contribution in [3.05, 3.63) is 35.9 Å². The van der Waals surface area contributed by atoms with Crippen molar-refractivity contribution >= 4 is 0 Å². The molecule has 0 amide bonds. The van der Waals surface area contributed by atoms with Crippen LogP contribution < -0.4 is 4.90 Å². The molecule has 1 saturated carbocycles. The molecule has 17 heavy (non-hydrogen) atoms. The summed E-state index contributed by atoms with van der Waals surface area (Å²) in [5.74, 6) is 0. The first-order chi connectivity index (χ1) is 8.30. The van der Waals surface area contributed by atoms with Crippen LogP contribution in [-0.4, -0.2) is 12.6 Å². The van der Waals surface area contributed by atoms with E-state index in [1.54, 1.807) is 4.90 Å². The normalized spacial score (nSPS) is 31.1. The highest BCUT2D eigenvalue weighted by atomic mass is 15.2. The van der Waals surface area contributed by atoms with E-state index in [0.717, 1.165) is 11.5 Å². The van der Waals surface area contributed by atoms with Gasteiger partial charge in [0.2, 0.25) is 0 Å². The van der Waals surface area contributed by atoms with Gasteiger partial charge in [-0.25, -0.2) is 0 Å². The Morgan fingerprint density at radius 2 is 1.82 bits per heavy atom. The molecular formula is C16H24N+. The van der Waals surface area contributed by atoms with Gasteiger partial charge in [-0.3, -0.25) is 0 Å². The maximum absolute atomic E-state index is 2.48. The predicted molar refractivity (Wildman–Crippen MR) is 71.0 cm³/mol. The average Bonchev–Trinajstić information content (AvgIpc) is 2.40. The number of nitrogens with one attached hydrogen (secondary N) is 1. The quantitative estimate of drug-likeness (QED) is 0.796. The number of likely N-dealkylation sites (tertiary alicyclic amines) is 1. The molecule has 1 aromatic carbocycles. The minimum absolute atomic E-state index is 0.725. The van der Waals surface area contributed by atoms with Crippen LogP contribution in [0.2, 0.25) is 0 Å². The molecule has 92 valence electrons. The molecule has 1 N–H and O–H groups in total. The van der Waals surface area contributed by atoms with Gasteiger partial charge in [0, 0.05) is 5.56 Å². The summed E-state index contributed by atoms with van der Waals surface area (Å²) in [5.41, 5.74) is 2.22. The monoisotopic (exact) mass is 230 g/mol. The van der Waals surface area contributed by atoms with E-state index in [0.29, 0.717) is 0 Å². The summed E-state index contributed by atoms with van der Waals surface area (Å²) in [6.07, 6.45) is 7.41. The summed E-state index contributed by atoms with van der Waals surface area (Å²) in [5, 5.41) is 0. The van der Waals surface area contributed by atoms with Crippen molar-refractivity contribution in [2.24, 2.45) is 5.41 Å². The second-order valence-corrected chi connectivity index (χ2v) is 6.14. The molecule has 1 aromatic rings. The van der Waals surface area contributed by atoms with Gasteiger partial charge >= 0.3 is 0 Å². The molecule has 1 saturated heterocycles. The van der Waals surface area contributed by atoms with Gasteiger partial charge < -0.3 is 4.90 Å². The fourth-order valence-electron chi connectivity index (χ4n) is 4.00. The van der Waals surface area contributed by atoms with Crippen LogP contribution in [0, 0.1) is 5.41 Å². The van der Waals surface area contributed by atoms with Crippen LogP contribution in [0.15, 0.2) is 30.3 Å². The van der Waals surface area contributed by atoms with Crippen LogP contribution in [0.5, 0.6) is 0 Å². The summed E-state index contributed by atoms with van der Waals surface area (Å²) < 4.78 is 0. The van der Waals surface area contributed by atoms with Crippen LogP contribution in [0.25, 0.3) is 0 Å². The first-order valence-corrected chi connectivity index (χ1v) is 7.19. The SMILES string of the molecule is C[C@@H]1[NH+](Cc2ccccc2)CC12CCCCC2. The highest BCUT2D eigenvalue weighted by molar-refractivity contribution is 5.13. The lowest BCUT2D eigenvalue weighted by Gasteiger charge is -2.54. The summed E-state index contributed by atoms with van der Waals surface area (Å²) in [6, 6.07) is 11.9. The smallest absolute Gasteiger partial charge is 0.103 e. The lowest BCUT2D eigenvalue weighted by Crippen LogP contribution is -3.25. The van der Waals surface area contributed by atoms with E-state index in [1.807, 2.05) is 0 Å². The Morgan fingerprint density at radius 3 is 2.47 bits per heavy atom. The minimum Gasteiger partial charge on any atom is -0.328 e. The molecule has 1 nitrogen and oxygen atoms in total. The number of hydrogen-bond acceptors (Lipinski definition) is 0. The number of quaternary nitrogens is 1. The van der Waals surface area contributed by atoms with Crippen LogP contribution in [0.4, 0.5) is 0 Å². The molecule has 1 aliphatic heterocycles. The number of benzene rings is 1. The largest absolute Gasteiger partial charge is 0.328 e. The zero-order valence-corrected chi connectivity index (χ0v) is 10.9. The van der Waals surface area contributed by atoms with Gasteiger partial charge in [-0.05, 0) is 19.8 Å². The molecule has 1 heterocycles. The Balaban J connectivity index is 1.62. The summed E-state index contributed by atoms with van der Waals surface area (Å²) in [4.78, 5) is 1.80. The van der Waals surface area contributed by atoms with Crippen molar-refractivity contribution in [2.75, 3.05) is 6.54 Å². The van der Waals surface area contributed by atoms with Gasteiger partial charge in [0.25, 0.3) is 0 Å². The first-order valence-electron chi connectivity index (χ1n) is 7.19. The van der Waals surface area contributed by atoms with Crippen LogP contribution in [0.3, 0.4) is 0 Å². The molecule has 0 bridgehead atoms. The number of rotatable bonds is 2. The molecule has 1 unspecified atom stereocenters. The zero-order valence-electron chi connectivity index (χ0n) is 10.9. The maximum atomic E-state index is 2.48. The Labute approximate surface area is 105 Å². The van der Waals surface area contributed by atoms with E-state index in [4.69, 9.17) is 0 Å². The predicted octanol–water partition coefficient (Wildman–Crippen LogP) is 2.42. The molecule has 0 aromatic heterocycles. The molecule has 3 rings (SSSR count). The average molecular weight is 230 g/mol. The highest BCUT2D eigenvalue weighted by Gasteiger charge is 2.54. The van der Waals surface area contributed by atoms with Gasteiger partial charge in [-0.1, -0.05) is 49.6 Å². The van der Waals surface area contributed by atoms with Gasteiger partial charge in [0.05, 0.1) is 18.0 Å². The molecule has 2 aliphatic rings. The lowest BCUT2D eigenvalue weighted by atomic mass is 9.63. The third-order valence-electron chi connectivity index (χ3n) is 5.23. The lowest BCUT2D eigenvalue weighted by molar-refractivity contribution is -1.00. The second kappa shape index (κ2) is 4.45.